The summed E-state index contributed by atoms with van der Waals surface area (Å²) in [5, 5.41) is 0.0970. The quantitative estimate of drug-likeness (QED) is 0.609. The minimum atomic E-state index is -0.646. The molecule has 0 unspecified atom stereocenters. The number of rotatable bonds is 4. The molecule has 6 nitrogen and oxygen atoms in total. The van der Waals surface area contributed by atoms with Crippen LogP contribution in [0.3, 0.4) is 0 Å². The van der Waals surface area contributed by atoms with Gasteiger partial charge in [-0.05, 0) is 53.7 Å². The highest BCUT2D eigenvalue weighted by atomic mass is 35.5. The van der Waals surface area contributed by atoms with E-state index >= 15 is 0 Å². The van der Waals surface area contributed by atoms with Crippen molar-refractivity contribution >= 4 is 29.5 Å². The Balaban J connectivity index is 3.22. The molecule has 0 radical (unpaired) electrons. The van der Waals surface area contributed by atoms with E-state index in [4.69, 9.17) is 21.1 Å². The molecule has 128 valence electrons. The number of carbonyl (C=O) groups is 2. The number of anilines is 1. The molecule has 0 saturated carbocycles. The maximum Gasteiger partial charge on any atom is 0.416 e. The molecule has 0 N–H and O–H groups in total. The van der Waals surface area contributed by atoms with Crippen LogP contribution in [0, 0.1) is 0 Å². The van der Waals surface area contributed by atoms with Gasteiger partial charge in [0, 0.05) is 6.04 Å². The van der Waals surface area contributed by atoms with Crippen molar-refractivity contribution in [3.05, 3.63) is 22.8 Å². The first-order chi connectivity index (χ1) is 10.5. The average molecular weight is 343 g/mol. The van der Waals surface area contributed by atoms with E-state index in [0.29, 0.717) is 0 Å². The largest absolute Gasteiger partial charge is 0.462 e. The molecule has 23 heavy (non-hydrogen) atoms. The predicted octanol–water partition coefficient (Wildman–Crippen LogP) is 4.06. The van der Waals surface area contributed by atoms with Crippen molar-refractivity contribution in [2.45, 2.75) is 53.2 Å². The summed E-state index contributed by atoms with van der Waals surface area (Å²) >= 11 is 5.98. The van der Waals surface area contributed by atoms with Crippen molar-refractivity contribution in [1.82, 2.24) is 4.98 Å². The van der Waals surface area contributed by atoms with Crippen molar-refractivity contribution in [2.75, 3.05) is 11.5 Å². The molecule has 1 aromatic rings. The summed E-state index contributed by atoms with van der Waals surface area (Å²) in [6.45, 7) is 10.9. The van der Waals surface area contributed by atoms with Gasteiger partial charge in [-0.25, -0.2) is 14.6 Å². The molecule has 0 aliphatic rings. The molecule has 0 saturated heterocycles. The summed E-state index contributed by atoms with van der Waals surface area (Å²) < 4.78 is 10.4. The number of amides is 1. The first kappa shape index (κ1) is 19.2. The number of nitrogens with zero attached hydrogens (tertiary/aromatic N) is 2. The number of aromatic nitrogens is 1. The van der Waals surface area contributed by atoms with Gasteiger partial charge in [-0.15, -0.1) is 0 Å². The molecule has 0 aliphatic carbocycles. The van der Waals surface area contributed by atoms with Crippen molar-refractivity contribution in [1.29, 1.82) is 0 Å². The van der Waals surface area contributed by atoms with Gasteiger partial charge in [0.05, 0.1) is 12.2 Å². The Morgan fingerprint density at radius 2 is 1.91 bits per heavy atom. The fourth-order valence-electron chi connectivity index (χ4n) is 1.82. The second-order valence-electron chi connectivity index (χ2n) is 6.20. The molecular weight excluding hydrogens is 320 g/mol. The van der Waals surface area contributed by atoms with Gasteiger partial charge in [-0.3, -0.25) is 4.90 Å². The van der Waals surface area contributed by atoms with Gasteiger partial charge in [0.25, 0.3) is 0 Å². The lowest BCUT2D eigenvalue weighted by Gasteiger charge is -2.29. The maximum atomic E-state index is 12.4. The van der Waals surface area contributed by atoms with Gasteiger partial charge in [0.15, 0.2) is 0 Å². The van der Waals surface area contributed by atoms with Crippen molar-refractivity contribution in [3.8, 4) is 0 Å². The van der Waals surface area contributed by atoms with E-state index in [9.17, 15) is 9.59 Å². The van der Waals surface area contributed by atoms with Crippen LogP contribution in [0.4, 0.5) is 10.6 Å². The number of hydrogen-bond acceptors (Lipinski definition) is 5. The van der Waals surface area contributed by atoms with Crippen LogP contribution in [-0.4, -0.2) is 35.3 Å². The Kier molecular flexibility index (Phi) is 6.38. The topological polar surface area (TPSA) is 68.7 Å². The van der Waals surface area contributed by atoms with Gasteiger partial charge in [-0.1, -0.05) is 11.6 Å². The number of hydrogen-bond donors (Lipinski definition) is 0. The van der Waals surface area contributed by atoms with E-state index in [1.807, 2.05) is 13.8 Å². The normalized spacial score (nSPS) is 11.3. The van der Waals surface area contributed by atoms with Gasteiger partial charge < -0.3 is 9.47 Å². The number of halogens is 1. The van der Waals surface area contributed by atoms with Crippen LogP contribution in [0.15, 0.2) is 12.1 Å². The van der Waals surface area contributed by atoms with E-state index in [2.05, 4.69) is 4.98 Å². The molecule has 0 bridgehead atoms. The van der Waals surface area contributed by atoms with Gasteiger partial charge in [0.1, 0.15) is 16.6 Å². The minimum absolute atomic E-state index is 0.0970. The molecule has 0 spiro atoms. The van der Waals surface area contributed by atoms with E-state index in [1.54, 1.807) is 27.7 Å². The minimum Gasteiger partial charge on any atom is -0.462 e. The zero-order valence-corrected chi connectivity index (χ0v) is 15.1. The van der Waals surface area contributed by atoms with Crippen LogP contribution in [-0.2, 0) is 9.47 Å². The standard InChI is InChI=1S/C16H23ClN2O4/c1-7-22-14(20)11-8-12(17)18-13(9-11)19(10(2)3)15(21)23-16(4,5)6/h8-10H,7H2,1-6H3. The number of esters is 1. The smallest absolute Gasteiger partial charge is 0.416 e. The maximum absolute atomic E-state index is 12.4. The van der Waals surface area contributed by atoms with Crippen LogP contribution >= 0.6 is 11.6 Å². The first-order valence-corrected chi connectivity index (χ1v) is 7.80. The van der Waals surface area contributed by atoms with Crippen molar-refractivity contribution in [3.63, 3.8) is 0 Å². The average Bonchev–Trinajstić information content (AvgIpc) is 2.35. The second-order valence-corrected chi connectivity index (χ2v) is 6.59. The van der Waals surface area contributed by atoms with Crippen LogP contribution in [0.5, 0.6) is 0 Å². The molecule has 1 heterocycles. The zero-order chi connectivity index (χ0) is 17.8. The van der Waals surface area contributed by atoms with E-state index in [0.717, 1.165) is 0 Å². The summed E-state index contributed by atoms with van der Waals surface area (Å²) in [6.07, 6.45) is -0.558. The van der Waals surface area contributed by atoms with Crippen molar-refractivity contribution < 1.29 is 19.1 Å². The number of pyridine rings is 1. The van der Waals surface area contributed by atoms with Crippen LogP contribution < -0.4 is 4.90 Å². The highest BCUT2D eigenvalue weighted by molar-refractivity contribution is 6.30. The fourth-order valence-corrected chi connectivity index (χ4v) is 2.02. The Bertz CT molecular complexity index is 582. The molecule has 0 atom stereocenters. The lowest BCUT2D eigenvalue weighted by molar-refractivity contribution is 0.0521. The summed E-state index contributed by atoms with van der Waals surface area (Å²) in [5.74, 6) is -0.282. The lowest BCUT2D eigenvalue weighted by atomic mass is 10.2. The van der Waals surface area contributed by atoms with Gasteiger partial charge in [-0.2, -0.15) is 0 Å². The zero-order valence-electron chi connectivity index (χ0n) is 14.3. The monoisotopic (exact) mass is 342 g/mol. The molecule has 1 aromatic heterocycles. The van der Waals surface area contributed by atoms with E-state index in [1.165, 1.54) is 17.0 Å². The molecule has 0 aromatic carbocycles. The number of ether oxygens (including phenoxy) is 2. The Labute approximate surface area is 141 Å². The highest BCUT2D eigenvalue weighted by Gasteiger charge is 2.27. The van der Waals surface area contributed by atoms with Crippen LogP contribution in [0.2, 0.25) is 5.15 Å². The third kappa shape index (κ3) is 5.71. The van der Waals surface area contributed by atoms with Gasteiger partial charge in [0.2, 0.25) is 0 Å². The van der Waals surface area contributed by atoms with E-state index in [-0.39, 0.29) is 29.2 Å². The lowest BCUT2D eigenvalue weighted by Crippen LogP contribution is -2.41. The second kappa shape index (κ2) is 7.64. The van der Waals surface area contributed by atoms with Crippen LogP contribution in [0.1, 0.15) is 51.9 Å². The van der Waals surface area contributed by atoms with E-state index < -0.39 is 17.7 Å². The molecule has 0 fully saturated rings. The molecule has 0 aliphatic heterocycles. The summed E-state index contributed by atoms with van der Waals surface area (Å²) in [4.78, 5) is 29.8. The summed E-state index contributed by atoms with van der Waals surface area (Å²) in [6, 6.07) is 2.63. The summed E-state index contributed by atoms with van der Waals surface area (Å²) in [5.41, 5.74) is -0.414. The SMILES string of the molecule is CCOC(=O)c1cc(Cl)nc(N(C(=O)OC(C)(C)C)C(C)C)c1. The Hall–Kier alpha value is -1.82. The van der Waals surface area contributed by atoms with Gasteiger partial charge >= 0.3 is 12.1 Å². The molecular formula is C16H23ClN2O4. The first-order valence-electron chi connectivity index (χ1n) is 7.42. The Morgan fingerprint density at radius 3 is 2.39 bits per heavy atom. The fraction of sp³-hybridized carbons (Fsp3) is 0.562. The molecule has 7 heteroatoms. The Morgan fingerprint density at radius 1 is 1.30 bits per heavy atom. The third-order valence-corrected chi connectivity index (χ3v) is 2.84. The molecule has 1 amide bonds. The third-order valence-electron chi connectivity index (χ3n) is 2.65. The predicted molar refractivity (Wildman–Crippen MR) is 89.1 cm³/mol. The van der Waals surface area contributed by atoms with Crippen LogP contribution in [0.25, 0.3) is 0 Å². The highest BCUT2D eigenvalue weighted by Crippen LogP contribution is 2.23. The summed E-state index contributed by atoms with van der Waals surface area (Å²) in [7, 11) is 0. The molecule has 1 rings (SSSR count). The van der Waals surface area contributed by atoms with Crippen molar-refractivity contribution in [2.24, 2.45) is 0 Å². The number of carbonyl (C=O) groups excluding carboxylic acids is 2.